The summed E-state index contributed by atoms with van der Waals surface area (Å²) in [5.74, 6) is 1.83. The molecule has 0 amide bonds. The highest BCUT2D eigenvalue weighted by atomic mass is 16.3. The number of furan rings is 2. The molecule has 3 heterocycles. The molecule has 47 heavy (non-hydrogen) atoms. The lowest BCUT2D eigenvalue weighted by Crippen LogP contribution is -2.00. The zero-order chi connectivity index (χ0) is 31.1. The van der Waals surface area contributed by atoms with Crippen molar-refractivity contribution >= 4 is 65.4 Å². The highest BCUT2D eigenvalue weighted by molar-refractivity contribution is 6.16. The van der Waals surface area contributed by atoms with E-state index in [0.29, 0.717) is 17.5 Å². The molecule has 0 unspecified atom stereocenters. The van der Waals surface area contributed by atoms with Crippen LogP contribution in [0.5, 0.6) is 0 Å². The SMILES string of the molecule is Cc1ccc(-c2nc(-c3ccc4ccc5cc6c(cc5c4c3)oc3ccccc36)nc(-c3cccc4oc5ccccc5c34)n2)cc1. The number of aromatic nitrogens is 3. The van der Waals surface area contributed by atoms with E-state index >= 15 is 0 Å². The summed E-state index contributed by atoms with van der Waals surface area (Å²) in [4.78, 5) is 15.3. The summed E-state index contributed by atoms with van der Waals surface area (Å²) in [5.41, 5.74) is 7.34. The number of benzene rings is 7. The maximum Gasteiger partial charge on any atom is 0.164 e. The predicted octanol–water partition coefficient (Wildman–Crippen LogP) is 11.3. The Morgan fingerprint density at radius 1 is 0.404 bits per heavy atom. The molecule has 0 saturated heterocycles. The van der Waals surface area contributed by atoms with Crippen molar-refractivity contribution < 1.29 is 8.83 Å². The average molecular weight is 604 g/mol. The van der Waals surface area contributed by atoms with Gasteiger partial charge in [0.2, 0.25) is 0 Å². The highest BCUT2D eigenvalue weighted by Crippen LogP contribution is 2.38. The van der Waals surface area contributed by atoms with Gasteiger partial charge in [0, 0.05) is 38.2 Å². The topological polar surface area (TPSA) is 65.0 Å². The molecule has 10 rings (SSSR count). The van der Waals surface area contributed by atoms with Gasteiger partial charge in [-0.05, 0) is 64.9 Å². The Labute approximate surface area is 268 Å². The summed E-state index contributed by atoms with van der Waals surface area (Å²) >= 11 is 0. The van der Waals surface area contributed by atoms with Crippen LogP contribution in [0.15, 0.2) is 142 Å². The van der Waals surface area contributed by atoms with Crippen LogP contribution in [0, 0.1) is 6.92 Å². The maximum atomic E-state index is 6.28. The van der Waals surface area contributed by atoms with Gasteiger partial charge in [-0.25, -0.2) is 15.0 Å². The van der Waals surface area contributed by atoms with Crippen LogP contribution in [0.2, 0.25) is 0 Å². The average Bonchev–Trinajstić information content (AvgIpc) is 3.68. The Balaban J connectivity index is 1.22. The lowest BCUT2D eigenvalue weighted by Gasteiger charge is -2.11. The van der Waals surface area contributed by atoms with Crippen molar-refractivity contribution in [2.75, 3.05) is 0 Å². The minimum atomic E-state index is 0.602. The van der Waals surface area contributed by atoms with Gasteiger partial charge in [0.15, 0.2) is 17.5 Å². The quantitative estimate of drug-likeness (QED) is 0.188. The molecular weight excluding hydrogens is 578 g/mol. The third-order valence-corrected chi connectivity index (χ3v) is 9.18. The standard InChI is InChI=1S/C42H25N3O2/c1-24-13-15-26(16-14-24)40-43-41(45-42(44-40)31-9-6-12-37-39(31)30-8-3-5-11-36(30)46-37)28-20-18-25-17-19-27-21-34-29-7-2-4-10-35(29)47-38(34)23-33(27)32(25)22-28/h2-23H,1H3. The van der Waals surface area contributed by atoms with Crippen molar-refractivity contribution in [1.82, 2.24) is 15.0 Å². The molecule has 5 nitrogen and oxygen atoms in total. The second kappa shape index (κ2) is 9.83. The second-order valence-corrected chi connectivity index (χ2v) is 12.1. The summed E-state index contributed by atoms with van der Waals surface area (Å²) in [6.45, 7) is 2.08. The van der Waals surface area contributed by atoms with Crippen LogP contribution in [0.3, 0.4) is 0 Å². The second-order valence-electron chi connectivity index (χ2n) is 12.1. The first-order valence-corrected chi connectivity index (χ1v) is 15.7. The van der Waals surface area contributed by atoms with Crippen LogP contribution in [-0.4, -0.2) is 15.0 Å². The smallest absolute Gasteiger partial charge is 0.164 e. The van der Waals surface area contributed by atoms with Gasteiger partial charge in [0.25, 0.3) is 0 Å². The third-order valence-electron chi connectivity index (χ3n) is 9.18. The molecule has 0 spiro atoms. The number of hydrogen-bond acceptors (Lipinski definition) is 5. The van der Waals surface area contributed by atoms with Gasteiger partial charge in [-0.1, -0.05) is 103 Å². The predicted molar refractivity (Wildman–Crippen MR) is 190 cm³/mol. The molecule has 7 aromatic carbocycles. The largest absolute Gasteiger partial charge is 0.456 e. The minimum Gasteiger partial charge on any atom is -0.456 e. The first-order valence-electron chi connectivity index (χ1n) is 15.7. The van der Waals surface area contributed by atoms with Gasteiger partial charge in [-0.15, -0.1) is 0 Å². The number of rotatable bonds is 3. The number of nitrogens with zero attached hydrogens (tertiary/aromatic N) is 3. The van der Waals surface area contributed by atoms with Gasteiger partial charge in [-0.2, -0.15) is 0 Å². The van der Waals surface area contributed by atoms with Crippen molar-refractivity contribution in [3.05, 3.63) is 139 Å². The Bertz CT molecular complexity index is 2860. The van der Waals surface area contributed by atoms with E-state index in [0.717, 1.165) is 82.1 Å². The molecule has 0 aliphatic rings. The van der Waals surface area contributed by atoms with Crippen LogP contribution in [-0.2, 0) is 0 Å². The molecule has 10 aromatic rings. The van der Waals surface area contributed by atoms with Crippen LogP contribution in [0.4, 0.5) is 0 Å². The molecule has 0 saturated carbocycles. The molecule has 0 aliphatic carbocycles. The van der Waals surface area contributed by atoms with Crippen molar-refractivity contribution in [3.8, 4) is 34.2 Å². The lowest BCUT2D eigenvalue weighted by molar-refractivity contribution is 0.669. The number of para-hydroxylation sites is 2. The number of fused-ring (bicyclic) bond motifs is 9. The van der Waals surface area contributed by atoms with E-state index in [1.807, 2.05) is 42.5 Å². The zero-order valence-electron chi connectivity index (χ0n) is 25.4. The Morgan fingerprint density at radius 3 is 1.87 bits per heavy atom. The van der Waals surface area contributed by atoms with E-state index in [-0.39, 0.29) is 0 Å². The summed E-state index contributed by atoms with van der Waals surface area (Å²) < 4.78 is 12.5. The van der Waals surface area contributed by atoms with Crippen molar-refractivity contribution in [2.45, 2.75) is 6.92 Å². The van der Waals surface area contributed by atoms with Gasteiger partial charge < -0.3 is 8.83 Å². The molecule has 0 bridgehead atoms. The summed E-state index contributed by atoms with van der Waals surface area (Å²) in [6.07, 6.45) is 0. The number of hydrogen-bond donors (Lipinski definition) is 0. The third kappa shape index (κ3) is 4.07. The molecule has 0 radical (unpaired) electrons. The molecular formula is C42H25N3O2. The molecule has 3 aromatic heterocycles. The number of aryl methyl sites for hydroxylation is 1. The maximum absolute atomic E-state index is 6.28. The first kappa shape index (κ1) is 25.9. The van der Waals surface area contributed by atoms with Gasteiger partial charge in [-0.3, -0.25) is 0 Å². The molecule has 0 N–H and O–H groups in total. The molecule has 5 heteroatoms. The Morgan fingerprint density at radius 2 is 1.02 bits per heavy atom. The Hall–Kier alpha value is -6.33. The molecule has 0 fully saturated rings. The molecule has 0 aliphatic heterocycles. The van der Waals surface area contributed by atoms with E-state index in [1.165, 1.54) is 5.56 Å². The monoisotopic (exact) mass is 603 g/mol. The molecule has 220 valence electrons. The van der Waals surface area contributed by atoms with E-state index in [2.05, 4.69) is 97.9 Å². The first-order chi connectivity index (χ1) is 23.2. The van der Waals surface area contributed by atoms with Crippen LogP contribution in [0.25, 0.3) is 99.6 Å². The highest BCUT2D eigenvalue weighted by Gasteiger charge is 2.18. The van der Waals surface area contributed by atoms with Gasteiger partial charge in [0.05, 0.1) is 0 Å². The summed E-state index contributed by atoms with van der Waals surface area (Å²) in [7, 11) is 0. The fourth-order valence-electron chi connectivity index (χ4n) is 6.83. The van der Waals surface area contributed by atoms with E-state index in [1.54, 1.807) is 0 Å². The minimum absolute atomic E-state index is 0.602. The van der Waals surface area contributed by atoms with Crippen LogP contribution < -0.4 is 0 Å². The fourth-order valence-corrected chi connectivity index (χ4v) is 6.83. The lowest BCUT2D eigenvalue weighted by atomic mass is 9.98. The normalized spacial score (nSPS) is 11.9. The van der Waals surface area contributed by atoms with E-state index in [4.69, 9.17) is 23.8 Å². The molecule has 0 atom stereocenters. The van der Waals surface area contributed by atoms with Crippen molar-refractivity contribution in [1.29, 1.82) is 0 Å². The van der Waals surface area contributed by atoms with Gasteiger partial charge >= 0.3 is 0 Å². The van der Waals surface area contributed by atoms with Gasteiger partial charge in [0.1, 0.15) is 22.3 Å². The summed E-state index contributed by atoms with van der Waals surface area (Å²) in [6, 6.07) is 45.9. The van der Waals surface area contributed by atoms with Crippen LogP contribution >= 0.6 is 0 Å². The Kier molecular flexibility index (Phi) is 5.43. The van der Waals surface area contributed by atoms with E-state index in [9.17, 15) is 0 Å². The van der Waals surface area contributed by atoms with E-state index < -0.39 is 0 Å². The zero-order valence-corrected chi connectivity index (χ0v) is 25.4. The fraction of sp³-hybridized carbons (Fsp3) is 0.0238. The van der Waals surface area contributed by atoms with Crippen molar-refractivity contribution in [3.63, 3.8) is 0 Å². The van der Waals surface area contributed by atoms with Crippen LogP contribution in [0.1, 0.15) is 5.56 Å². The summed E-state index contributed by atoms with van der Waals surface area (Å²) in [5, 5.41) is 8.81. The van der Waals surface area contributed by atoms with Crippen molar-refractivity contribution in [2.24, 2.45) is 0 Å².